The molecule has 0 spiro atoms. The summed E-state index contributed by atoms with van der Waals surface area (Å²) in [5, 5.41) is 0. The van der Waals surface area contributed by atoms with Gasteiger partial charge in [0, 0.05) is 12.8 Å². The molecule has 0 saturated carbocycles. The summed E-state index contributed by atoms with van der Waals surface area (Å²) in [7, 11) is 0. The molecule has 5 heteroatoms. The molecule has 0 saturated heterocycles. The van der Waals surface area contributed by atoms with Gasteiger partial charge in [0.25, 0.3) is 0 Å². The molecule has 0 N–H and O–H groups in total. The topological polar surface area (TPSA) is 61.1 Å². The highest BCUT2D eigenvalue weighted by atomic mass is 16.2. The van der Waals surface area contributed by atoms with Crippen molar-refractivity contribution < 1.29 is 9.59 Å². The fourth-order valence-corrected chi connectivity index (χ4v) is 1.95. The Morgan fingerprint density at radius 2 is 1.33 bits per heavy atom. The standard InChI is InChI=1S/C13H14N2O3/c1-3-11(16)14-9-7-5-6-8-10(9)15(13(14)18)12(17)4-2/h5-8H,3-4H2,1-2H3. The van der Waals surface area contributed by atoms with E-state index in [9.17, 15) is 14.4 Å². The van der Waals surface area contributed by atoms with E-state index < -0.39 is 5.69 Å². The van der Waals surface area contributed by atoms with Gasteiger partial charge in [-0.2, -0.15) is 0 Å². The monoisotopic (exact) mass is 246 g/mol. The maximum absolute atomic E-state index is 12.2. The molecule has 0 aliphatic carbocycles. The number of nitrogens with zero attached hydrogens (tertiary/aromatic N) is 2. The Labute approximate surface area is 104 Å². The predicted octanol–water partition coefficient (Wildman–Crippen LogP) is 1.90. The van der Waals surface area contributed by atoms with Gasteiger partial charge in [-0.25, -0.2) is 13.9 Å². The van der Waals surface area contributed by atoms with E-state index in [1.807, 2.05) is 0 Å². The number of carbonyl (C=O) groups excluding carboxylic acids is 2. The number of benzene rings is 1. The van der Waals surface area contributed by atoms with Crippen LogP contribution in [0.1, 0.15) is 36.3 Å². The van der Waals surface area contributed by atoms with Crippen LogP contribution in [0.15, 0.2) is 29.1 Å². The molecule has 0 unspecified atom stereocenters. The Kier molecular flexibility index (Phi) is 3.14. The molecule has 0 amide bonds. The van der Waals surface area contributed by atoms with Gasteiger partial charge in [0.2, 0.25) is 11.8 Å². The van der Waals surface area contributed by atoms with E-state index in [0.29, 0.717) is 11.0 Å². The maximum Gasteiger partial charge on any atom is 0.342 e. The second-order valence-corrected chi connectivity index (χ2v) is 3.94. The summed E-state index contributed by atoms with van der Waals surface area (Å²) < 4.78 is 2.14. The Morgan fingerprint density at radius 3 is 1.67 bits per heavy atom. The van der Waals surface area contributed by atoms with E-state index in [4.69, 9.17) is 0 Å². The summed E-state index contributed by atoms with van der Waals surface area (Å²) in [4.78, 5) is 35.8. The molecule has 1 aromatic heterocycles. The van der Waals surface area contributed by atoms with Crippen LogP contribution >= 0.6 is 0 Å². The number of hydrogen-bond donors (Lipinski definition) is 0. The second kappa shape index (κ2) is 4.60. The molecule has 0 aliphatic rings. The van der Waals surface area contributed by atoms with Crippen molar-refractivity contribution in [3.8, 4) is 0 Å². The van der Waals surface area contributed by atoms with Crippen LogP contribution in [0.5, 0.6) is 0 Å². The number of para-hydroxylation sites is 2. The normalized spacial score (nSPS) is 10.8. The molecule has 2 rings (SSSR count). The summed E-state index contributed by atoms with van der Waals surface area (Å²) in [6, 6.07) is 6.82. The van der Waals surface area contributed by atoms with Gasteiger partial charge in [-0.3, -0.25) is 9.59 Å². The highest BCUT2D eigenvalue weighted by Gasteiger charge is 2.19. The van der Waals surface area contributed by atoms with Crippen molar-refractivity contribution in [3.63, 3.8) is 0 Å². The van der Waals surface area contributed by atoms with Crippen LogP contribution in [-0.4, -0.2) is 20.9 Å². The number of aromatic nitrogens is 2. The number of carbonyl (C=O) groups is 2. The van der Waals surface area contributed by atoms with Gasteiger partial charge in [-0.1, -0.05) is 26.0 Å². The molecule has 18 heavy (non-hydrogen) atoms. The van der Waals surface area contributed by atoms with E-state index in [0.717, 1.165) is 9.13 Å². The van der Waals surface area contributed by atoms with Crippen LogP contribution < -0.4 is 5.69 Å². The van der Waals surface area contributed by atoms with Crippen LogP contribution in [0.3, 0.4) is 0 Å². The first kappa shape index (κ1) is 12.3. The summed E-state index contributed by atoms with van der Waals surface area (Å²) in [6.07, 6.45) is 0.433. The molecule has 5 nitrogen and oxygen atoms in total. The van der Waals surface area contributed by atoms with Gasteiger partial charge in [0.1, 0.15) is 0 Å². The van der Waals surface area contributed by atoms with E-state index in [1.165, 1.54) is 0 Å². The Morgan fingerprint density at radius 1 is 0.944 bits per heavy atom. The summed E-state index contributed by atoms with van der Waals surface area (Å²) >= 11 is 0. The number of fused-ring (bicyclic) bond motifs is 1. The smallest absolute Gasteiger partial charge is 0.274 e. The number of imidazole rings is 1. The molecular weight excluding hydrogens is 232 g/mol. The second-order valence-electron chi connectivity index (χ2n) is 3.94. The molecule has 0 radical (unpaired) electrons. The van der Waals surface area contributed by atoms with Crippen LogP contribution in [-0.2, 0) is 0 Å². The van der Waals surface area contributed by atoms with Gasteiger partial charge < -0.3 is 0 Å². The van der Waals surface area contributed by atoms with Crippen molar-refractivity contribution >= 4 is 22.8 Å². The lowest BCUT2D eigenvalue weighted by Gasteiger charge is -1.97. The Hall–Kier alpha value is -2.17. The van der Waals surface area contributed by atoms with Crippen molar-refractivity contribution in [2.75, 3.05) is 0 Å². The third kappa shape index (κ3) is 1.68. The van der Waals surface area contributed by atoms with Gasteiger partial charge >= 0.3 is 5.69 Å². The van der Waals surface area contributed by atoms with Crippen molar-refractivity contribution in [2.45, 2.75) is 26.7 Å². The zero-order valence-electron chi connectivity index (χ0n) is 10.3. The quantitative estimate of drug-likeness (QED) is 0.813. The summed E-state index contributed by atoms with van der Waals surface area (Å²) in [5.74, 6) is -0.613. The Bertz CT molecular complexity index is 623. The molecule has 0 bridgehead atoms. The fraction of sp³-hybridized carbons (Fsp3) is 0.308. The van der Waals surface area contributed by atoms with E-state index >= 15 is 0 Å². The first-order valence-corrected chi connectivity index (χ1v) is 5.90. The molecule has 1 heterocycles. The maximum atomic E-state index is 12.2. The third-order valence-corrected chi connectivity index (χ3v) is 2.85. The molecule has 2 aromatic rings. The highest BCUT2D eigenvalue weighted by molar-refractivity contribution is 5.96. The lowest BCUT2D eigenvalue weighted by molar-refractivity contribution is 0.0896. The van der Waals surface area contributed by atoms with Crippen LogP contribution in [0.2, 0.25) is 0 Å². The summed E-state index contributed by atoms with van der Waals surface area (Å²) in [6.45, 7) is 3.37. The average molecular weight is 246 g/mol. The van der Waals surface area contributed by atoms with Crippen LogP contribution in [0.25, 0.3) is 11.0 Å². The lowest BCUT2D eigenvalue weighted by atomic mass is 10.3. The van der Waals surface area contributed by atoms with Crippen molar-refractivity contribution in [2.24, 2.45) is 0 Å². The van der Waals surface area contributed by atoms with E-state index in [1.54, 1.807) is 38.1 Å². The zero-order chi connectivity index (χ0) is 13.3. The average Bonchev–Trinajstić information content (AvgIpc) is 2.69. The van der Waals surface area contributed by atoms with Crippen molar-refractivity contribution in [1.29, 1.82) is 0 Å². The van der Waals surface area contributed by atoms with E-state index in [-0.39, 0.29) is 24.7 Å². The largest absolute Gasteiger partial charge is 0.342 e. The first-order valence-electron chi connectivity index (χ1n) is 5.90. The fourth-order valence-electron chi connectivity index (χ4n) is 1.95. The number of rotatable bonds is 2. The molecule has 94 valence electrons. The third-order valence-electron chi connectivity index (χ3n) is 2.85. The first-order chi connectivity index (χ1) is 8.61. The molecule has 0 fully saturated rings. The highest BCUT2D eigenvalue weighted by Crippen LogP contribution is 2.13. The summed E-state index contributed by atoms with van der Waals surface area (Å²) in [5.41, 5.74) is 0.391. The predicted molar refractivity (Wildman–Crippen MR) is 68.0 cm³/mol. The molecular formula is C13H14N2O3. The number of hydrogen-bond acceptors (Lipinski definition) is 3. The van der Waals surface area contributed by atoms with Gasteiger partial charge in [-0.15, -0.1) is 0 Å². The van der Waals surface area contributed by atoms with Gasteiger partial charge in [-0.05, 0) is 12.1 Å². The SMILES string of the molecule is CCC(=O)n1c(=O)n(C(=O)CC)c2ccccc21. The van der Waals surface area contributed by atoms with Crippen molar-refractivity contribution in [3.05, 3.63) is 34.7 Å². The van der Waals surface area contributed by atoms with Crippen LogP contribution in [0.4, 0.5) is 0 Å². The minimum atomic E-state index is -0.574. The minimum Gasteiger partial charge on any atom is -0.274 e. The minimum absolute atomic E-state index is 0.216. The molecule has 0 aliphatic heterocycles. The van der Waals surface area contributed by atoms with E-state index in [2.05, 4.69) is 0 Å². The lowest BCUT2D eigenvalue weighted by Crippen LogP contribution is -2.31. The zero-order valence-corrected chi connectivity index (χ0v) is 10.3. The molecule has 1 aromatic carbocycles. The van der Waals surface area contributed by atoms with Crippen LogP contribution in [0, 0.1) is 0 Å². The van der Waals surface area contributed by atoms with Gasteiger partial charge in [0.15, 0.2) is 0 Å². The Balaban J connectivity index is 2.88. The van der Waals surface area contributed by atoms with Gasteiger partial charge in [0.05, 0.1) is 11.0 Å². The molecule has 0 atom stereocenters. The van der Waals surface area contributed by atoms with Crippen molar-refractivity contribution in [1.82, 2.24) is 9.13 Å².